The number of hydrogen-bond donors (Lipinski definition) is 2. The Labute approximate surface area is 159 Å². The number of benzene rings is 2. The standard InChI is InChI=1S/C18H19BrN2O3S/c1-2-24-16-6-4-3-5-15(16)21-18(23)12-25-11-17(22)20-14-9-7-13(19)8-10-14/h3-10H,2,11-12H2,1H3,(H,20,22)(H,21,23). The van der Waals surface area contributed by atoms with Gasteiger partial charge < -0.3 is 15.4 Å². The Bertz CT molecular complexity index is 723. The zero-order chi connectivity index (χ0) is 18.1. The molecule has 2 amide bonds. The summed E-state index contributed by atoms with van der Waals surface area (Å²) >= 11 is 4.60. The van der Waals surface area contributed by atoms with Gasteiger partial charge in [0, 0.05) is 10.2 Å². The molecule has 5 nitrogen and oxygen atoms in total. The van der Waals surface area contributed by atoms with Gasteiger partial charge in [0.15, 0.2) is 0 Å². The van der Waals surface area contributed by atoms with E-state index in [4.69, 9.17) is 4.74 Å². The summed E-state index contributed by atoms with van der Waals surface area (Å²) in [5, 5.41) is 5.59. The molecule has 2 aromatic carbocycles. The Morgan fingerprint density at radius 1 is 1.00 bits per heavy atom. The second-order valence-electron chi connectivity index (χ2n) is 5.03. The van der Waals surface area contributed by atoms with Crippen molar-refractivity contribution in [2.24, 2.45) is 0 Å². The Morgan fingerprint density at radius 3 is 2.32 bits per heavy atom. The van der Waals surface area contributed by atoms with Gasteiger partial charge in [-0.05, 0) is 43.3 Å². The molecule has 0 bridgehead atoms. The maximum absolute atomic E-state index is 12.0. The van der Waals surface area contributed by atoms with Crippen molar-refractivity contribution in [3.05, 3.63) is 53.0 Å². The van der Waals surface area contributed by atoms with Gasteiger partial charge in [-0.2, -0.15) is 0 Å². The van der Waals surface area contributed by atoms with E-state index >= 15 is 0 Å². The molecular formula is C18H19BrN2O3S. The average Bonchev–Trinajstić information content (AvgIpc) is 2.59. The predicted octanol–water partition coefficient (Wildman–Crippen LogP) is 4.16. The molecule has 0 radical (unpaired) electrons. The fourth-order valence-electron chi connectivity index (χ4n) is 2.00. The SMILES string of the molecule is CCOc1ccccc1NC(=O)CSCC(=O)Nc1ccc(Br)cc1. The van der Waals surface area contributed by atoms with Crippen LogP contribution in [0.3, 0.4) is 0 Å². The lowest BCUT2D eigenvalue weighted by molar-refractivity contribution is -0.114. The van der Waals surface area contributed by atoms with Gasteiger partial charge in [0.1, 0.15) is 5.75 Å². The summed E-state index contributed by atoms with van der Waals surface area (Å²) < 4.78 is 6.41. The number of thioether (sulfide) groups is 1. The van der Waals surface area contributed by atoms with Gasteiger partial charge in [0.05, 0.1) is 23.8 Å². The Kier molecular flexibility index (Phi) is 7.81. The molecule has 2 rings (SSSR count). The van der Waals surface area contributed by atoms with Crippen molar-refractivity contribution in [3.8, 4) is 5.75 Å². The van der Waals surface area contributed by atoms with Gasteiger partial charge in [-0.1, -0.05) is 28.1 Å². The first-order chi connectivity index (χ1) is 12.1. The summed E-state index contributed by atoms with van der Waals surface area (Å²) in [7, 11) is 0. The number of halogens is 1. The lowest BCUT2D eigenvalue weighted by atomic mass is 10.3. The van der Waals surface area contributed by atoms with Gasteiger partial charge in [0.2, 0.25) is 11.8 Å². The van der Waals surface area contributed by atoms with E-state index in [0.717, 1.165) is 10.2 Å². The van der Waals surface area contributed by atoms with Crippen molar-refractivity contribution in [1.82, 2.24) is 0 Å². The number of anilines is 2. The van der Waals surface area contributed by atoms with Crippen LogP contribution in [0.4, 0.5) is 11.4 Å². The number of carbonyl (C=O) groups excluding carboxylic acids is 2. The molecule has 0 fully saturated rings. The monoisotopic (exact) mass is 422 g/mol. The van der Waals surface area contributed by atoms with Crippen LogP contribution >= 0.6 is 27.7 Å². The van der Waals surface area contributed by atoms with Gasteiger partial charge in [0.25, 0.3) is 0 Å². The molecular weight excluding hydrogens is 404 g/mol. The molecule has 0 aliphatic rings. The molecule has 25 heavy (non-hydrogen) atoms. The Morgan fingerprint density at radius 2 is 1.64 bits per heavy atom. The van der Waals surface area contributed by atoms with Gasteiger partial charge in [-0.3, -0.25) is 9.59 Å². The van der Waals surface area contributed by atoms with Crippen molar-refractivity contribution in [2.45, 2.75) is 6.92 Å². The van der Waals surface area contributed by atoms with Crippen molar-refractivity contribution in [3.63, 3.8) is 0 Å². The second-order valence-corrected chi connectivity index (χ2v) is 6.93. The van der Waals surface area contributed by atoms with Gasteiger partial charge in [-0.25, -0.2) is 0 Å². The van der Waals surface area contributed by atoms with Crippen molar-refractivity contribution in [2.75, 3.05) is 28.7 Å². The molecule has 132 valence electrons. The van der Waals surface area contributed by atoms with Crippen molar-refractivity contribution >= 4 is 50.9 Å². The van der Waals surface area contributed by atoms with Crippen LogP contribution in [0.2, 0.25) is 0 Å². The minimum Gasteiger partial charge on any atom is -0.492 e. The highest BCUT2D eigenvalue weighted by Crippen LogP contribution is 2.23. The summed E-state index contributed by atoms with van der Waals surface area (Å²) in [4.78, 5) is 23.9. The van der Waals surface area contributed by atoms with Crippen molar-refractivity contribution in [1.29, 1.82) is 0 Å². The number of ether oxygens (including phenoxy) is 1. The van der Waals surface area contributed by atoms with Crippen LogP contribution in [0.5, 0.6) is 5.75 Å². The summed E-state index contributed by atoms with van der Waals surface area (Å²) in [6.45, 7) is 2.41. The van der Waals surface area contributed by atoms with E-state index in [9.17, 15) is 9.59 Å². The lowest BCUT2D eigenvalue weighted by Crippen LogP contribution is -2.18. The third-order valence-corrected chi connectivity index (χ3v) is 4.52. The minimum atomic E-state index is -0.173. The first-order valence-corrected chi connectivity index (χ1v) is 9.68. The van der Waals surface area contributed by atoms with Crippen molar-refractivity contribution < 1.29 is 14.3 Å². The maximum atomic E-state index is 12.0. The Balaban J connectivity index is 1.75. The first-order valence-electron chi connectivity index (χ1n) is 7.73. The van der Waals surface area contributed by atoms with E-state index in [1.54, 1.807) is 12.1 Å². The summed E-state index contributed by atoms with van der Waals surface area (Å²) in [5.41, 5.74) is 1.36. The number of nitrogens with one attached hydrogen (secondary N) is 2. The lowest BCUT2D eigenvalue weighted by Gasteiger charge is -2.11. The average molecular weight is 423 g/mol. The highest BCUT2D eigenvalue weighted by atomic mass is 79.9. The first kappa shape index (κ1) is 19.3. The van der Waals surface area contributed by atoms with Crippen LogP contribution in [-0.4, -0.2) is 29.9 Å². The summed E-state index contributed by atoms with van der Waals surface area (Å²) in [5.74, 6) is 0.713. The van der Waals surface area contributed by atoms with E-state index in [1.807, 2.05) is 43.3 Å². The number of amides is 2. The summed E-state index contributed by atoms with van der Waals surface area (Å²) in [6.07, 6.45) is 0. The third kappa shape index (κ3) is 6.80. The molecule has 0 heterocycles. The second kappa shape index (κ2) is 10.1. The molecule has 0 saturated carbocycles. The molecule has 2 aromatic rings. The smallest absolute Gasteiger partial charge is 0.234 e. The number of carbonyl (C=O) groups is 2. The third-order valence-electron chi connectivity index (χ3n) is 3.06. The molecule has 0 atom stereocenters. The maximum Gasteiger partial charge on any atom is 0.234 e. The highest BCUT2D eigenvalue weighted by molar-refractivity contribution is 9.10. The largest absolute Gasteiger partial charge is 0.492 e. The Hall–Kier alpha value is -1.99. The zero-order valence-electron chi connectivity index (χ0n) is 13.8. The van der Waals surface area contributed by atoms with Crippen LogP contribution in [0.15, 0.2) is 53.0 Å². The van der Waals surface area contributed by atoms with Crippen LogP contribution in [0.1, 0.15) is 6.92 Å². The van der Waals surface area contributed by atoms with E-state index in [-0.39, 0.29) is 23.3 Å². The van der Waals surface area contributed by atoms with Crippen LogP contribution in [-0.2, 0) is 9.59 Å². The number of hydrogen-bond acceptors (Lipinski definition) is 4. The van der Waals surface area contributed by atoms with E-state index < -0.39 is 0 Å². The highest BCUT2D eigenvalue weighted by Gasteiger charge is 2.09. The zero-order valence-corrected chi connectivity index (χ0v) is 16.2. The van der Waals surface area contributed by atoms with E-state index in [1.165, 1.54) is 11.8 Å². The van der Waals surface area contributed by atoms with Crippen LogP contribution in [0, 0.1) is 0 Å². The molecule has 2 N–H and O–H groups in total. The molecule has 0 aromatic heterocycles. The van der Waals surface area contributed by atoms with Gasteiger partial charge >= 0.3 is 0 Å². The van der Waals surface area contributed by atoms with E-state index in [0.29, 0.717) is 18.0 Å². The quantitative estimate of drug-likeness (QED) is 0.669. The van der Waals surface area contributed by atoms with Crippen LogP contribution < -0.4 is 15.4 Å². The van der Waals surface area contributed by atoms with E-state index in [2.05, 4.69) is 26.6 Å². The number of rotatable bonds is 8. The van der Waals surface area contributed by atoms with Crippen LogP contribution in [0.25, 0.3) is 0 Å². The molecule has 0 aliphatic carbocycles. The predicted molar refractivity (Wildman–Crippen MR) is 106 cm³/mol. The molecule has 0 spiro atoms. The van der Waals surface area contributed by atoms with Gasteiger partial charge in [-0.15, -0.1) is 11.8 Å². The fourth-order valence-corrected chi connectivity index (χ4v) is 2.89. The number of para-hydroxylation sites is 2. The minimum absolute atomic E-state index is 0.144. The topological polar surface area (TPSA) is 67.4 Å². The summed E-state index contributed by atoms with van der Waals surface area (Å²) in [6, 6.07) is 14.6. The molecule has 0 unspecified atom stereocenters. The molecule has 0 saturated heterocycles. The molecule has 7 heteroatoms. The molecule has 0 aliphatic heterocycles. The fraction of sp³-hybridized carbons (Fsp3) is 0.222. The normalized spacial score (nSPS) is 10.2.